The molecule has 0 atom stereocenters. The molecule has 0 unspecified atom stereocenters. The Bertz CT molecular complexity index is 434. The maximum Gasteiger partial charge on any atom is 0.433 e. The molecule has 1 aromatic heterocycles. The standard InChI is InChI=1S/C9H9F3N2O/c1-3-4-14-5-6(2)7(9(10,11)12)13-8(14)15/h3,5H,1,4H2,2H3. The van der Waals surface area contributed by atoms with Gasteiger partial charge in [0.25, 0.3) is 0 Å². The van der Waals surface area contributed by atoms with Crippen molar-refractivity contribution in [3.63, 3.8) is 0 Å². The zero-order valence-electron chi connectivity index (χ0n) is 8.01. The predicted molar refractivity (Wildman–Crippen MR) is 48.4 cm³/mol. The van der Waals surface area contributed by atoms with E-state index in [4.69, 9.17) is 0 Å². The zero-order chi connectivity index (χ0) is 11.6. The number of halogens is 3. The van der Waals surface area contributed by atoms with Crippen LogP contribution in [0.2, 0.25) is 0 Å². The van der Waals surface area contributed by atoms with Gasteiger partial charge in [-0.05, 0) is 12.5 Å². The van der Waals surface area contributed by atoms with E-state index in [1.165, 1.54) is 13.0 Å². The second kappa shape index (κ2) is 3.88. The molecular formula is C9H9F3N2O. The monoisotopic (exact) mass is 218 g/mol. The fraction of sp³-hybridized carbons (Fsp3) is 0.333. The van der Waals surface area contributed by atoms with Crippen LogP contribution < -0.4 is 5.69 Å². The summed E-state index contributed by atoms with van der Waals surface area (Å²) in [6.45, 7) is 4.79. The predicted octanol–water partition coefficient (Wildman–Crippen LogP) is 1.76. The van der Waals surface area contributed by atoms with Gasteiger partial charge in [-0.3, -0.25) is 4.57 Å². The van der Waals surface area contributed by atoms with Crippen molar-refractivity contribution < 1.29 is 13.2 Å². The molecule has 1 aromatic rings. The number of nitrogens with zero attached hydrogens (tertiary/aromatic N) is 2. The van der Waals surface area contributed by atoms with E-state index in [-0.39, 0.29) is 12.1 Å². The van der Waals surface area contributed by atoms with E-state index in [1.807, 2.05) is 0 Å². The third kappa shape index (κ3) is 2.45. The molecule has 0 saturated heterocycles. The first-order valence-corrected chi connectivity index (χ1v) is 4.12. The van der Waals surface area contributed by atoms with Crippen molar-refractivity contribution >= 4 is 0 Å². The molecule has 0 aliphatic heterocycles. The Labute approximate surface area is 83.9 Å². The number of rotatable bonds is 2. The topological polar surface area (TPSA) is 34.9 Å². The van der Waals surface area contributed by atoms with E-state index in [2.05, 4.69) is 11.6 Å². The van der Waals surface area contributed by atoms with Gasteiger partial charge in [0.05, 0.1) is 0 Å². The SMILES string of the molecule is C=CCn1cc(C)c(C(F)(F)F)nc1=O. The molecule has 0 aliphatic carbocycles. The summed E-state index contributed by atoms with van der Waals surface area (Å²) in [5.74, 6) is 0. The number of aromatic nitrogens is 2. The van der Waals surface area contributed by atoms with E-state index < -0.39 is 17.6 Å². The molecule has 0 radical (unpaired) electrons. The molecule has 3 nitrogen and oxygen atoms in total. The largest absolute Gasteiger partial charge is 0.433 e. The maximum absolute atomic E-state index is 12.3. The second-order valence-corrected chi connectivity index (χ2v) is 2.99. The molecule has 1 heterocycles. The smallest absolute Gasteiger partial charge is 0.295 e. The lowest BCUT2D eigenvalue weighted by Gasteiger charge is -2.10. The lowest BCUT2D eigenvalue weighted by atomic mass is 10.2. The highest BCUT2D eigenvalue weighted by molar-refractivity contribution is 5.17. The van der Waals surface area contributed by atoms with Gasteiger partial charge in [0.1, 0.15) is 0 Å². The van der Waals surface area contributed by atoms with Crippen LogP contribution in [0.5, 0.6) is 0 Å². The summed E-state index contributed by atoms with van der Waals surface area (Å²) < 4.78 is 38.0. The first-order chi connectivity index (χ1) is 6.86. The lowest BCUT2D eigenvalue weighted by Crippen LogP contribution is -2.27. The number of alkyl halides is 3. The van der Waals surface area contributed by atoms with Crippen LogP contribution in [0.4, 0.5) is 13.2 Å². The third-order valence-corrected chi connectivity index (χ3v) is 1.77. The quantitative estimate of drug-likeness (QED) is 0.709. The van der Waals surface area contributed by atoms with E-state index in [0.717, 1.165) is 10.8 Å². The van der Waals surface area contributed by atoms with Crippen LogP contribution in [0.1, 0.15) is 11.3 Å². The Balaban J connectivity index is 3.32. The highest BCUT2D eigenvalue weighted by atomic mass is 19.4. The van der Waals surface area contributed by atoms with Crippen LogP contribution in [0.15, 0.2) is 23.6 Å². The molecule has 0 fully saturated rings. The molecular weight excluding hydrogens is 209 g/mol. The van der Waals surface area contributed by atoms with Gasteiger partial charge in [0, 0.05) is 12.7 Å². The summed E-state index contributed by atoms with van der Waals surface area (Å²) in [7, 11) is 0. The maximum atomic E-state index is 12.3. The van der Waals surface area contributed by atoms with E-state index in [1.54, 1.807) is 0 Å². The first-order valence-electron chi connectivity index (χ1n) is 4.12. The fourth-order valence-corrected chi connectivity index (χ4v) is 1.15. The molecule has 6 heteroatoms. The molecule has 0 saturated carbocycles. The summed E-state index contributed by atoms with van der Waals surface area (Å²) in [5, 5.41) is 0. The molecule has 1 rings (SSSR count). The minimum absolute atomic E-state index is 0.0797. The van der Waals surface area contributed by atoms with E-state index >= 15 is 0 Å². The van der Waals surface area contributed by atoms with Crippen LogP contribution in [0.3, 0.4) is 0 Å². The van der Waals surface area contributed by atoms with Gasteiger partial charge in [0.15, 0.2) is 5.69 Å². The average molecular weight is 218 g/mol. The van der Waals surface area contributed by atoms with Crippen molar-refractivity contribution in [2.75, 3.05) is 0 Å². The Morgan fingerprint density at radius 3 is 2.67 bits per heavy atom. The number of aryl methyl sites for hydroxylation is 1. The molecule has 15 heavy (non-hydrogen) atoms. The van der Waals surface area contributed by atoms with E-state index in [9.17, 15) is 18.0 Å². The highest BCUT2D eigenvalue weighted by Gasteiger charge is 2.35. The Hall–Kier alpha value is -1.59. The van der Waals surface area contributed by atoms with Crippen molar-refractivity contribution in [2.45, 2.75) is 19.6 Å². The van der Waals surface area contributed by atoms with Crippen molar-refractivity contribution in [3.05, 3.63) is 40.6 Å². The number of allylic oxidation sites excluding steroid dienone is 1. The van der Waals surface area contributed by atoms with Gasteiger partial charge in [0.2, 0.25) is 0 Å². The second-order valence-electron chi connectivity index (χ2n) is 2.99. The van der Waals surface area contributed by atoms with Crippen LogP contribution in [-0.4, -0.2) is 9.55 Å². The summed E-state index contributed by atoms with van der Waals surface area (Å²) in [6, 6.07) is 0. The van der Waals surface area contributed by atoms with Crippen molar-refractivity contribution in [1.82, 2.24) is 9.55 Å². The Kier molecular flexibility index (Phi) is 2.97. The number of hydrogen-bond donors (Lipinski definition) is 0. The zero-order valence-corrected chi connectivity index (χ0v) is 8.01. The minimum Gasteiger partial charge on any atom is -0.295 e. The van der Waals surface area contributed by atoms with Gasteiger partial charge in [-0.2, -0.15) is 18.2 Å². The summed E-state index contributed by atoms with van der Waals surface area (Å²) in [4.78, 5) is 14.1. The normalized spacial score (nSPS) is 11.5. The van der Waals surface area contributed by atoms with Gasteiger partial charge >= 0.3 is 11.9 Å². The fourth-order valence-electron chi connectivity index (χ4n) is 1.15. The average Bonchev–Trinajstić information content (AvgIpc) is 2.09. The number of hydrogen-bond acceptors (Lipinski definition) is 2. The van der Waals surface area contributed by atoms with Gasteiger partial charge < -0.3 is 0 Å². The van der Waals surface area contributed by atoms with Crippen LogP contribution in [0, 0.1) is 6.92 Å². The first kappa shape index (κ1) is 11.5. The Morgan fingerprint density at radius 1 is 1.60 bits per heavy atom. The molecule has 0 bridgehead atoms. The van der Waals surface area contributed by atoms with Crippen molar-refractivity contribution in [1.29, 1.82) is 0 Å². The van der Waals surface area contributed by atoms with Gasteiger partial charge in [-0.15, -0.1) is 6.58 Å². The molecule has 0 aliphatic rings. The molecule has 0 amide bonds. The highest BCUT2D eigenvalue weighted by Crippen LogP contribution is 2.28. The van der Waals surface area contributed by atoms with Crippen LogP contribution in [-0.2, 0) is 12.7 Å². The summed E-state index contributed by atoms with van der Waals surface area (Å²) in [6.07, 6.45) is -2.05. The van der Waals surface area contributed by atoms with Gasteiger partial charge in [-0.25, -0.2) is 4.79 Å². The van der Waals surface area contributed by atoms with Crippen LogP contribution in [0.25, 0.3) is 0 Å². The molecule has 0 N–H and O–H groups in total. The molecule has 82 valence electrons. The summed E-state index contributed by atoms with van der Waals surface area (Å²) in [5.41, 5.74) is -2.13. The third-order valence-electron chi connectivity index (χ3n) is 1.77. The van der Waals surface area contributed by atoms with Gasteiger partial charge in [-0.1, -0.05) is 6.08 Å². The lowest BCUT2D eigenvalue weighted by molar-refractivity contribution is -0.142. The van der Waals surface area contributed by atoms with Crippen molar-refractivity contribution in [2.24, 2.45) is 0 Å². The minimum atomic E-state index is -4.59. The molecule has 0 aromatic carbocycles. The molecule has 0 spiro atoms. The van der Waals surface area contributed by atoms with Crippen molar-refractivity contribution in [3.8, 4) is 0 Å². The van der Waals surface area contributed by atoms with E-state index in [0.29, 0.717) is 0 Å². The Morgan fingerprint density at radius 2 is 2.20 bits per heavy atom. The van der Waals surface area contributed by atoms with Crippen LogP contribution >= 0.6 is 0 Å². The summed E-state index contributed by atoms with van der Waals surface area (Å²) >= 11 is 0.